The van der Waals surface area contributed by atoms with Gasteiger partial charge in [-0.05, 0) is 30.3 Å². The number of ketones is 2. The molecule has 0 atom stereocenters. The minimum atomic E-state index is -0.180. The number of hydrogen-bond donors (Lipinski definition) is 0. The van der Waals surface area contributed by atoms with Gasteiger partial charge in [-0.1, -0.05) is 72.3 Å². The molecule has 1 aromatic heterocycles. The Morgan fingerprint density at radius 3 is 1.66 bits per heavy atom. The molecule has 0 amide bonds. The van der Waals surface area contributed by atoms with Gasteiger partial charge in [-0.25, -0.2) is 0 Å². The molecule has 4 aromatic carbocycles. The lowest BCUT2D eigenvalue weighted by atomic mass is 9.84. The van der Waals surface area contributed by atoms with E-state index in [2.05, 4.69) is 0 Å². The van der Waals surface area contributed by atoms with E-state index in [0.29, 0.717) is 49.2 Å². The molecule has 1 heterocycles. The van der Waals surface area contributed by atoms with E-state index >= 15 is 0 Å². The number of rotatable bonds is 0. The molecule has 6 rings (SSSR count). The van der Waals surface area contributed by atoms with Crippen LogP contribution in [0.15, 0.2) is 100 Å². The fourth-order valence-electron chi connectivity index (χ4n) is 3.85. The molecule has 0 saturated heterocycles. The van der Waals surface area contributed by atoms with Gasteiger partial charge in [-0.3, -0.25) is 14.4 Å². The third-order valence-corrected chi connectivity index (χ3v) is 5.70. The maximum absolute atomic E-state index is 12.2. The van der Waals surface area contributed by atoms with Gasteiger partial charge in [0.25, 0.3) is 0 Å². The molecule has 154 valence electrons. The topological polar surface area (TPSA) is 64.3 Å². The van der Waals surface area contributed by atoms with Gasteiger partial charge in [0.1, 0.15) is 11.2 Å². The van der Waals surface area contributed by atoms with E-state index in [1.165, 1.54) is 0 Å². The molecule has 0 bridgehead atoms. The van der Waals surface area contributed by atoms with Crippen LogP contribution in [0.2, 0.25) is 5.02 Å². The van der Waals surface area contributed by atoms with Crippen LogP contribution in [-0.4, -0.2) is 11.6 Å². The summed E-state index contributed by atoms with van der Waals surface area (Å²) in [5, 5.41) is 1.60. The highest BCUT2D eigenvalue weighted by atomic mass is 35.5. The zero-order valence-electron chi connectivity index (χ0n) is 16.7. The highest BCUT2D eigenvalue weighted by Gasteiger charge is 2.30. The van der Waals surface area contributed by atoms with Gasteiger partial charge in [0.05, 0.1) is 21.4 Å². The number of halogens is 1. The fourth-order valence-corrected chi connectivity index (χ4v) is 4.11. The maximum atomic E-state index is 12.2. The number of benzene rings is 4. The van der Waals surface area contributed by atoms with E-state index in [0.717, 1.165) is 0 Å². The summed E-state index contributed by atoms with van der Waals surface area (Å²) in [5.74, 6) is -0.321. The van der Waals surface area contributed by atoms with E-state index in [-0.39, 0.29) is 17.0 Å². The molecule has 0 radical (unpaired) electrons. The first-order valence-electron chi connectivity index (χ1n) is 9.94. The second kappa shape index (κ2) is 7.91. The van der Waals surface area contributed by atoms with Crippen molar-refractivity contribution in [2.24, 2.45) is 0 Å². The Labute approximate surface area is 187 Å². The van der Waals surface area contributed by atoms with Crippen molar-refractivity contribution < 1.29 is 14.0 Å². The van der Waals surface area contributed by atoms with Gasteiger partial charge in [-0.2, -0.15) is 0 Å². The van der Waals surface area contributed by atoms with Crippen molar-refractivity contribution >= 4 is 45.1 Å². The number of hydrogen-bond acceptors (Lipinski definition) is 4. The van der Waals surface area contributed by atoms with Crippen LogP contribution in [0.3, 0.4) is 0 Å². The largest absolute Gasteiger partial charge is 0.456 e. The van der Waals surface area contributed by atoms with Crippen LogP contribution < -0.4 is 5.43 Å². The van der Waals surface area contributed by atoms with Gasteiger partial charge >= 0.3 is 0 Å². The summed E-state index contributed by atoms with van der Waals surface area (Å²) in [7, 11) is 0. The highest BCUT2D eigenvalue weighted by Crippen LogP contribution is 2.31. The molecule has 0 aliphatic heterocycles. The van der Waals surface area contributed by atoms with E-state index in [1.54, 1.807) is 54.6 Å². The predicted octanol–water partition coefficient (Wildman–Crippen LogP) is 6.06. The van der Waals surface area contributed by atoms with Crippen LogP contribution in [0.1, 0.15) is 31.8 Å². The minimum absolute atomic E-state index is 0.0347. The zero-order chi connectivity index (χ0) is 22.2. The summed E-state index contributed by atoms with van der Waals surface area (Å²) in [6.45, 7) is 0. The summed E-state index contributed by atoms with van der Waals surface area (Å²) < 4.78 is 5.63. The van der Waals surface area contributed by atoms with Crippen molar-refractivity contribution in [3.63, 3.8) is 0 Å². The molecule has 5 heteroatoms. The van der Waals surface area contributed by atoms with E-state index in [4.69, 9.17) is 16.0 Å². The standard InChI is InChI=1S/C14H7ClO2.C13H8O2/c15-11-7-3-6-10-12(11)14(17)9-5-2-1-4-8(9)13(10)16;14-13-9-5-1-3-7-11(9)15-12-8-4-2-6-10(12)13/h1-7H;1-8H. The lowest BCUT2D eigenvalue weighted by Gasteiger charge is -2.17. The summed E-state index contributed by atoms with van der Waals surface area (Å²) in [4.78, 5) is 36.5. The van der Waals surface area contributed by atoms with Gasteiger partial charge < -0.3 is 4.42 Å². The lowest BCUT2D eigenvalue weighted by molar-refractivity contribution is 0.0979. The Hall–Kier alpha value is -4.02. The smallest absolute Gasteiger partial charge is 0.200 e. The highest BCUT2D eigenvalue weighted by molar-refractivity contribution is 6.39. The van der Waals surface area contributed by atoms with Crippen LogP contribution in [0.25, 0.3) is 21.9 Å². The van der Waals surface area contributed by atoms with Gasteiger partial charge in [0, 0.05) is 16.7 Å². The van der Waals surface area contributed by atoms with Crippen LogP contribution in [0.5, 0.6) is 0 Å². The summed E-state index contributed by atoms with van der Waals surface area (Å²) in [6, 6.07) is 26.3. The molecule has 32 heavy (non-hydrogen) atoms. The van der Waals surface area contributed by atoms with Crippen molar-refractivity contribution in [3.8, 4) is 0 Å². The van der Waals surface area contributed by atoms with Crippen LogP contribution in [0, 0.1) is 0 Å². The van der Waals surface area contributed by atoms with Gasteiger partial charge in [0.2, 0.25) is 5.43 Å². The third kappa shape index (κ3) is 3.22. The van der Waals surface area contributed by atoms with Crippen molar-refractivity contribution in [3.05, 3.63) is 128 Å². The number of carbonyl (C=O) groups is 2. The second-order valence-electron chi connectivity index (χ2n) is 7.29. The molecule has 0 unspecified atom stereocenters. The Balaban J connectivity index is 0.000000136. The van der Waals surface area contributed by atoms with Gasteiger partial charge in [0.15, 0.2) is 11.6 Å². The second-order valence-corrected chi connectivity index (χ2v) is 7.70. The monoisotopic (exact) mass is 438 g/mol. The van der Waals surface area contributed by atoms with E-state index < -0.39 is 0 Å². The summed E-state index contributed by atoms with van der Waals surface area (Å²) >= 11 is 6.00. The molecular weight excluding hydrogens is 424 g/mol. The molecule has 0 spiro atoms. The lowest BCUT2D eigenvalue weighted by Crippen LogP contribution is -2.21. The Kier molecular flexibility index (Phi) is 4.92. The quantitative estimate of drug-likeness (QED) is 0.270. The number of fused-ring (bicyclic) bond motifs is 4. The number of carbonyl (C=O) groups excluding carboxylic acids is 2. The average Bonchev–Trinajstić information content (AvgIpc) is 2.83. The van der Waals surface area contributed by atoms with Crippen molar-refractivity contribution in [1.29, 1.82) is 0 Å². The minimum Gasteiger partial charge on any atom is -0.456 e. The molecule has 1 aliphatic carbocycles. The molecule has 0 fully saturated rings. The van der Waals surface area contributed by atoms with E-state index in [1.807, 2.05) is 36.4 Å². The van der Waals surface area contributed by atoms with Crippen molar-refractivity contribution in [1.82, 2.24) is 0 Å². The van der Waals surface area contributed by atoms with Crippen LogP contribution >= 0.6 is 11.6 Å². The van der Waals surface area contributed by atoms with Crippen LogP contribution in [-0.2, 0) is 0 Å². The van der Waals surface area contributed by atoms with Crippen molar-refractivity contribution in [2.75, 3.05) is 0 Å². The molecule has 0 N–H and O–H groups in total. The van der Waals surface area contributed by atoms with Gasteiger partial charge in [-0.15, -0.1) is 0 Å². The maximum Gasteiger partial charge on any atom is 0.200 e. The Morgan fingerprint density at radius 1 is 0.531 bits per heavy atom. The Morgan fingerprint density at radius 2 is 1.03 bits per heavy atom. The van der Waals surface area contributed by atoms with Crippen LogP contribution in [0.4, 0.5) is 0 Å². The summed E-state index contributed by atoms with van der Waals surface area (Å²) in [5.41, 5.74) is 2.90. The summed E-state index contributed by atoms with van der Waals surface area (Å²) in [6.07, 6.45) is 0. The van der Waals surface area contributed by atoms with E-state index in [9.17, 15) is 14.4 Å². The van der Waals surface area contributed by atoms with Crippen molar-refractivity contribution in [2.45, 2.75) is 0 Å². The fraction of sp³-hybridized carbons (Fsp3) is 0. The average molecular weight is 439 g/mol. The molecule has 1 aliphatic rings. The predicted molar refractivity (Wildman–Crippen MR) is 125 cm³/mol. The first-order valence-corrected chi connectivity index (χ1v) is 10.3. The molecule has 5 aromatic rings. The number of para-hydroxylation sites is 2. The SMILES string of the molecule is O=C1c2ccccc2C(=O)c2c(Cl)cccc21.O=c1c2ccccc2oc2ccccc12. The normalized spacial score (nSPS) is 12.2. The first-order chi connectivity index (χ1) is 15.6. The molecular formula is C27H15ClO4. The molecule has 0 saturated carbocycles. The first kappa shape index (κ1) is 19.9. The third-order valence-electron chi connectivity index (χ3n) is 5.38. The Bertz CT molecular complexity index is 1540. The zero-order valence-corrected chi connectivity index (χ0v) is 17.4. The molecule has 4 nitrogen and oxygen atoms in total.